The minimum atomic E-state index is -1.54. The first kappa shape index (κ1) is 71.8. The summed E-state index contributed by atoms with van der Waals surface area (Å²) in [5.41, 5.74) is 12.9. The van der Waals surface area contributed by atoms with Crippen LogP contribution in [0.25, 0.3) is 90.9 Å². The fourth-order valence-corrected chi connectivity index (χ4v) is 12.8. The first-order chi connectivity index (χ1) is 44.6. The van der Waals surface area contributed by atoms with Crippen LogP contribution in [0.5, 0.6) is 0 Å². The van der Waals surface area contributed by atoms with Crippen molar-refractivity contribution in [3.05, 3.63) is 166 Å². The Balaban J connectivity index is 0.0000116. The molecular formula is C74H80N8O8Si4Zn. The Hall–Kier alpha value is -9.09. The number of aliphatic imine (C=N–C) groups is 2. The number of hydrogen-bond donors (Lipinski definition) is 2. The standard InChI is InChI=1S/C74H82N8O8Si4.Zn/c1-15-49-17-21-51(22-18-49)65-57-33-37-61(75-57)67(53-25-29-55(30-26-53)69(79-71(83)87-41-45-91(3,4)5)80-72(84)88-42-46-92(6,7)8)63-39-35-59(77-63)66(52-23-19-50(16-2)20-24-52)60-36-40-64(78-60)68(62-38-34-58(65)76-62)54-27-31-56(32-28-54)70(81-73(85)89-43-47-93(9,10)11)82-74(86)90-44-48-94(12,13)14;/h1-2,17-40H,41-48H2,3-14H3,(H4,75,76,77,78,79,80,81,82,83,84,85,86);/q;+2/p-2. The van der Waals surface area contributed by atoms with Crippen LogP contribution in [0.2, 0.25) is 103 Å². The van der Waals surface area contributed by atoms with Crippen LogP contribution in [0.15, 0.2) is 131 Å². The molecule has 95 heavy (non-hydrogen) atoms. The summed E-state index contributed by atoms with van der Waals surface area (Å²) in [7, 11) is -6.16. The molecule has 4 aromatic carbocycles. The number of amidine groups is 2. The van der Waals surface area contributed by atoms with Gasteiger partial charge in [-0.2, -0.15) is 9.98 Å². The number of fused-ring (bicyclic) bond motifs is 8. The van der Waals surface area contributed by atoms with E-state index in [9.17, 15) is 19.2 Å². The van der Waals surface area contributed by atoms with Crippen molar-refractivity contribution in [2.45, 2.75) is 103 Å². The number of rotatable bonds is 18. The van der Waals surface area contributed by atoms with Crippen LogP contribution >= 0.6 is 0 Å². The minimum Gasteiger partial charge on any atom is -0.657 e. The molecule has 482 valence electrons. The van der Waals surface area contributed by atoms with Crippen molar-refractivity contribution in [3.63, 3.8) is 0 Å². The van der Waals surface area contributed by atoms with Crippen molar-refractivity contribution in [1.82, 2.24) is 30.6 Å². The first-order valence-electron chi connectivity index (χ1n) is 31.4. The molecule has 0 unspecified atom stereocenters. The Labute approximate surface area is 573 Å². The summed E-state index contributed by atoms with van der Waals surface area (Å²) in [5, 5.41) is 5.47. The van der Waals surface area contributed by atoms with E-state index in [1.165, 1.54) is 0 Å². The van der Waals surface area contributed by atoms with E-state index >= 15 is 0 Å². The molecule has 16 nitrogen and oxygen atoms in total. The number of alkyl carbamates (subject to hydrolysis) is 2. The van der Waals surface area contributed by atoms with E-state index in [0.29, 0.717) is 89.4 Å². The van der Waals surface area contributed by atoms with Crippen LogP contribution in [-0.4, -0.2) is 105 Å². The van der Waals surface area contributed by atoms with Gasteiger partial charge in [0.2, 0.25) is 0 Å². The second-order valence-electron chi connectivity index (χ2n) is 27.9. The molecule has 0 aliphatic carbocycles. The number of nitrogens with one attached hydrogen (secondary N) is 2. The summed E-state index contributed by atoms with van der Waals surface area (Å²) in [5.74, 6) is 5.42. The number of carbonyl (C=O) groups excluding carboxylic acids is 4. The van der Waals surface area contributed by atoms with Gasteiger partial charge in [-0.05, 0) is 117 Å². The average Bonchev–Trinajstić information content (AvgIpc) is 1.63. The van der Waals surface area contributed by atoms with E-state index in [2.05, 4.69) is 111 Å². The topological polar surface area (TPSA) is 208 Å². The van der Waals surface area contributed by atoms with Crippen molar-refractivity contribution >= 4 is 115 Å². The van der Waals surface area contributed by atoms with E-state index in [4.69, 9.17) is 51.7 Å². The number of aromatic nitrogens is 4. The number of nitrogens with zero attached hydrogens (tertiary/aromatic N) is 6. The Morgan fingerprint density at radius 1 is 0.400 bits per heavy atom. The molecule has 7 aromatic rings. The fraction of sp³-hybridized carbons (Fsp3) is 0.270. The maximum atomic E-state index is 13.4. The molecular weight excluding hydrogens is 1310 g/mol. The van der Waals surface area contributed by atoms with Gasteiger partial charge < -0.3 is 28.9 Å². The number of ether oxygens (including phenoxy) is 4. The smallest absolute Gasteiger partial charge is 0.657 e. The van der Waals surface area contributed by atoms with Crippen LogP contribution in [0.1, 0.15) is 45.0 Å². The quantitative estimate of drug-likeness (QED) is 0.0270. The van der Waals surface area contributed by atoms with Crippen LogP contribution in [0.4, 0.5) is 19.2 Å². The molecule has 3 aromatic heterocycles. The van der Waals surface area contributed by atoms with Crippen LogP contribution in [0.3, 0.4) is 0 Å². The minimum absolute atomic E-state index is 0. The Morgan fingerprint density at radius 2 is 0.653 bits per heavy atom. The van der Waals surface area contributed by atoms with Gasteiger partial charge in [-0.1, -0.05) is 187 Å². The molecule has 0 spiro atoms. The van der Waals surface area contributed by atoms with E-state index in [0.717, 1.165) is 46.4 Å². The van der Waals surface area contributed by atoms with Crippen LogP contribution < -0.4 is 20.6 Å². The molecule has 2 N–H and O–H groups in total. The molecule has 0 radical (unpaired) electrons. The third-order valence-electron chi connectivity index (χ3n) is 15.4. The zero-order valence-electron chi connectivity index (χ0n) is 56.3. The molecule has 0 atom stereocenters. The summed E-state index contributed by atoms with van der Waals surface area (Å²) in [6, 6.07) is 40.8. The molecule has 2 aliphatic heterocycles. The SMILES string of the molecule is C#Cc1ccc(-c2c3nc(c(-c4ccc(/C(=N/C(=O)OCC[Si](C)(C)C)NC(=O)OCC[Si](C)(C)C)cc4)c4ccc([n-]4)c(-c4ccc(C#C)cc4)c4nc(c(-c5ccc(/C(=N/C(=O)OCC[Si](C)(C)C)NC(=O)OCC[Si](C)(C)C)cc5)c5ccc2[n-]5)C=C4)C=C3)cc1.[Zn+2]. The van der Waals surface area contributed by atoms with Crippen molar-refractivity contribution in [1.29, 1.82) is 0 Å². The van der Waals surface area contributed by atoms with Crippen molar-refractivity contribution in [2.24, 2.45) is 9.98 Å². The summed E-state index contributed by atoms with van der Waals surface area (Å²) < 4.78 is 22.4. The third-order valence-corrected chi connectivity index (χ3v) is 22.2. The fourth-order valence-electron chi connectivity index (χ4n) is 9.96. The van der Waals surface area contributed by atoms with Gasteiger partial charge in [-0.15, -0.1) is 34.9 Å². The molecule has 8 bridgehead atoms. The summed E-state index contributed by atoms with van der Waals surface area (Å²) in [6.45, 7) is 27.2. The monoisotopic (exact) mass is 1380 g/mol. The number of terminal acetylenes is 2. The average molecular weight is 1390 g/mol. The van der Waals surface area contributed by atoms with Crippen molar-refractivity contribution in [3.8, 4) is 69.2 Å². The van der Waals surface area contributed by atoms with Gasteiger partial charge >= 0.3 is 43.9 Å². The second-order valence-corrected chi connectivity index (χ2v) is 50.4. The number of carbonyl (C=O) groups is 4. The van der Waals surface area contributed by atoms with Crippen molar-refractivity contribution < 1.29 is 57.6 Å². The van der Waals surface area contributed by atoms with Gasteiger partial charge in [-0.3, -0.25) is 10.6 Å². The van der Waals surface area contributed by atoms with Gasteiger partial charge in [0.1, 0.15) is 11.7 Å². The number of benzene rings is 4. The van der Waals surface area contributed by atoms with Gasteiger partial charge in [0, 0.05) is 54.5 Å². The van der Waals surface area contributed by atoms with Crippen molar-refractivity contribution in [2.75, 3.05) is 26.4 Å². The van der Waals surface area contributed by atoms with Gasteiger partial charge in [-0.25, -0.2) is 29.1 Å². The van der Waals surface area contributed by atoms with Gasteiger partial charge in [0.15, 0.2) is 0 Å². The molecule has 21 heteroatoms. The summed E-state index contributed by atoms with van der Waals surface area (Å²) in [4.78, 5) is 83.7. The summed E-state index contributed by atoms with van der Waals surface area (Å²) in [6.07, 6.45) is 16.5. The van der Waals surface area contributed by atoms with E-state index < -0.39 is 56.7 Å². The molecule has 2 aliphatic rings. The van der Waals surface area contributed by atoms with Gasteiger partial charge in [0.25, 0.3) is 0 Å². The van der Waals surface area contributed by atoms with E-state index in [-0.39, 0.29) is 57.6 Å². The number of amides is 4. The van der Waals surface area contributed by atoms with Crippen LogP contribution in [-0.2, 0) is 38.4 Å². The summed E-state index contributed by atoms with van der Waals surface area (Å²) >= 11 is 0. The molecule has 4 amide bonds. The normalized spacial score (nSPS) is 12.4. The predicted molar refractivity (Wildman–Crippen MR) is 392 cm³/mol. The van der Waals surface area contributed by atoms with Crippen LogP contribution in [0, 0.1) is 24.7 Å². The molecule has 9 rings (SSSR count). The zero-order valence-corrected chi connectivity index (χ0v) is 63.3. The third kappa shape index (κ3) is 20.0. The maximum absolute atomic E-state index is 13.4. The largest absolute Gasteiger partial charge is 2.00 e. The second kappa shape index (κ2) is 31.0. The molecule has 0 saturated carbocycles. The molecule has 0 fully saturated rings. The maximum Gasteiger partial charge on any atom is 2.00 e. The zero-order chi connectivity index (χ0) is 67.5. The van der Waals surface area contributed by atoms with E-state index in [1.54, 1.807) is 24.3 Å². The molecule has 5 heterocycles. The molecule has 0 saturated heterocycles. The first-order valence-corrected chi connectivity index (χ1v) is 46.2. The Bertz CT molecular complexity index is 4120. The number of hydrogen-bond acceptors (Lipinski definition) is 10. The predicted octanol–water partition coefficient (Wildman–Crippen LogP) is 17.1. The Kier molecular flexibility index (Phi) is 23.4. The van der Waals surface area contributed by atoms with Gasteiger partial charge in [0.05, 0.1) is 49.2 Å². The van der Waals surface area contributed by atoms with E-state index in [1.807, 2.05) is 121 Å². The Morgan fingerprint density at radius 3 is 0.905 bits per heavy atom.